The van der Waals surface area contributed by atoms with Gasteiger partial charge in [0.25, 0.3) is 0 Å². The molecule has 5 nitrogen and oxygen atoms in total. The van der Waals surface area contributed by atoms with Crippen molar-refractivity contribution in [3.63, 3.8) is 0 Å². The van der Waals surface area contributed by atoms with Gasteiger partial charge in [0.1, 0.15) is 18.1 Å². The fraction of sp³-hybridized carbons (Fsp3) is 0.600. The van der Waals surface area contributed by atoms with E-state index in [1.807, 2.05) is 24.3 Å². The number of methoxy groups -OCH3 is 1. The van der Waals surface area contributed by atoms with Crippen LogP contribution in [0.15, 0.2) is 24.3 Å². The Morgan fingerprint density at radius 2 is 1.86 bits per heavy atom. The van der Waals surface area contributed by atoms with Gasteiger partial charge in [0.05, 0.1) is 19.4 Å². The van der Waals surface area contributed by atoms with Crippen molar-refractivity contribution >= 4 is 10.0 Å². The minimum absolute atomic E-state index is 0.0270. The molecule has 0 spiro atoms. The van der Waals surface area contributed by atoms with Gasteiger partial charge in [0.2, 0.25) is 10.0 Å². The van der Waals surface area contributed by atoms with E-state index in [1.165, 1.54) is 6.26 Å². The molecule has 1 heterocycles. The molecule has 0 N–H and O–H groups in total. The lowest BCUT2D eigenvalue weighted by atomic mass is 10.0. The second-order valence-electron chi connectivity index (χ2n) is 5.87. The molecule has 1 aliphatic carbocycles. The van der Waals surface area contributed by atoms with Crippen LogP contribution in [-0.4, -0.2) is 44.8 Å². The van der Waals surface area contributed by atoms with E-state index in [0.29, 0.717) is 12.5 Å². The Kier molecular flexibility index (Phi) is 3.84. The van der Waals surface area contributed by atoms with E-state index in [1.54, 1.807) is 11.4 Å². The number of hydrogen-bond acceptors (Lipinski definition) is 4. The van der Waals surface area contributed by atoms with Crippen LogP contribution in [0.4, 0.5) is 0 Å². The molecule has 0 aromatic heterocycles. The van der Waals surface area contributed by atoms with Crippen LogP contribution < -0.4 is 9.47 Å². The number of piperidine rings is 1. The van der Waals surface area contributed by atoms with Crippen molar-refractivity contribution in [1.29, 1.82) is 0 Å². The van der Waals surface area contributed by atoms with Gasteiger partial charge >= 0.3 is 0 Å². The Labute approximate surface area is 125 Å². The summed E-state index contributed by atoms with van der Waals surface area (Å²) in [6, 6.07) is 7.51. The van der Waals surface area contributed by atoms with Crippen molar-refractivity contribution in [3.05, 3.63) is 24.3 Å². The third-order valence-electron chi connectivity index (χ3n) is 4.54. The number of ether oxygens (including phenoxy) is 2. The first-order chi connectivity index (χ1) is 9.99. The van der Waals surface area contributed by atoms with Crippen LogP contribution in [0, 0.1) is 5.92 Å². The SMILES string of the molecule is COc1ccc(OC[C@H]2[C@H]3CC[C@@H](C3)N2S(C)(=O)=O)cc1. The normalized spacial score (nSPS) is 28.8. The van der Waals surface area contributed by atoms with Gasteiger partial charge in [0.15, 0.2) is 0 Å². The van der Waals surface area contributed by atoms with E-state index in [-0.39, 0.29) is 12.1 Å². The number of rotatable bonds is 5. The molecule has 21 heavy (non-hydrogen) atoms. The molecule has 1 saturated heterocycles. The van der Waals surface area contributed by atoms with Crippen molar-refractivity contribution in [1.82, 2.24) is 4.31 Å². The predicted octanol–water partition coefficient (Wildman–Crippen LogP) is 1.89. The summed E-state index contributed by atoms with van der Waals surface area (Å²) >= 11 is 0. The molecule has 3 rings (SSSR count). The van der Waals surface area contributed by atoms with Crippen molar-refractivity contribution in [2.45, 2.75) is 31.3 Å². The quantitative estimate of drug-likeness (QED) is 0.833. The Hall–Kier alpha value is -1.27. The van der Waals surface area contributed by atoms with E-state index in [9.17, 15) is 8.42 Å². The smallest absolute Gasteiger partial charge is 0.211 e. The molecule has 2 aliphatic rings. The van der Waals surface area contributed by atoms with Crippen LogP contribution >= 0.6 is 0 Å². The highest BCUT2D eigenvalue weighted by atomic mass is 32.2. The average molecular weight is 311 g/mol. The number of nitrogens with zero attached hydrogens (tertiary/aromatic N) is 1. The first-order valence-electron chi connectivity index (χ1n) is 7.24. The largest absolute Gasteiger partial charge is 0.497 e. The summed E-state index contributed by atoms with van der Waals surface area (Å²) in [5.41, 5.74) is 0. The van der Waals surface area contributed by atoms with Gasteiger partial charge in [-0.3, -0.25) is 0 Å². The summed E-state index contributed by atoms with van der Waals surface area (Å²) in [5.74, 6) is 1.95. The number of fused-ring (bicyclic) bond motifs is 2. The van der Waals surface area contributed by atoms with Crippen LogP contribution in [-0.2, 0) is 10.0 Å². The molecule has 1 aromatic carbocycles. The molecule has 1 aliphatic heterocycles. The van der Waals surface area contributed by atoms with Crippen LogP contribution in [0.2, 0.25) is 0 Å². The maximum atomic E-state index is 12.0. The van der Waals surface area contributed by atoms with Crippen LogP contribution in [0.25, 0.3) is 0 Å². The lowest BCUT2D eigenvalue weighted by Crippen LogP contribution is -2.47. The molecule has 0 unspecified atom stereocenters. The summed E-state index contributed by atoms with van der Waals surface area (Å²) in [6.45, 7) is 0.417. The molecule has 0 amide bonds. The van der Waals surface area contributed by atoms with Gasteiger partial charge in [-0.15, -0.1) is 0 Å². The maximum Gasteiger partial charge on any atom is 0.211 e. The van der Waals surface area contributed by atoms with Gasteiger partial charge in [0, 0.05) is 6.04 Å². The standard InChI is InChI=1S/C15H21NO4S/c1-19-13-5-7-14(8-6-13)20-10-15-11-3-4-12(9-11)16(15)21(2,17)18/h5-8,11-12,15H,3-4,9-10H2,1-2H3/t11-,12-,15-/m0/s1. The van der Waals surface area contributed by atoms with E-state index in [4.69, 9.17) is 9.47 Å². The fourth-order valence-corrected chi connectivity index (χ4v) is 5.09. The highest BCUT2D eigenvalue weighted by Crippen LogP contribution is 2.43. The summed E-state index contributed by atoms with van der Waals surface area (Å²) in [5, 5.41) is 0. The molecule has 1 saturated carbocycles. The van der Waals surface area contributed by atoms with E-state index in [0.717, 1.165) is 30.8 Å². The highest BCUT2D eigenvalue weighted by molar-refractivity contribution is 7.88. The molecular weight excluding hydrogens is 290 g/mol. The molecule has 1 aromatic rings. The third kappa shape index (κ3) is 2.87. The molecule has 6 heteroatoms. The highest BCUT2D eigenvalue weighted by Gasteiger charge is 2.50. The Balaban J connectivity index is 1.68. The van der Waals surface area contributed by atoms with Crippen molar-refractivity contribution < 1.29 is 17.9 Å². The van der Waals surface area contributed by atoms with Gasteiger partial charge in [-0.05, 0) is 49.4 Å². The lowest BCUT2D eigenvalue weighted by molar-refractivity contribution is 0.163. The third-order valence-corrected chi connectivity index (χ3v) is 5.87. The molecule has 2 bridgehead atoms. The van der Waals surface area contributed by atoms with E-state index in [2.05, 4.69) is 0 Å². The van der Waals surface area contributed by atoms with E-state index < -0.39 is 10.0 Å². The maximum absolute atomic E-state index is 12.0. The van der Waals surface area contributed by atoms with Crippen molar-refractivity contribution in [2.75, 3.05) is 20.0 Å². The Morgan fingerprint density at radius 1 is 1.19 bits per heavy atom. The predicted molar refractivity (Wildman–Crippen MR) is 80.1 cm³/mol. The summed E-state index contributed by atoms with van der Waals surface area (Å²) in [7, 11) is -1.54. The molecule has 2 fully saturated rings. The molecular formula is C15H21NO4S. The van der Waals surface area contributed by atoms with Gasteiger partial charge in [-0.2, -0.15) is 4.31 Å². The van der Waals surface area contributed by atoms with Gasteiger partial charge in [-0.25, -0.2) is 8.42 Å². The second-order valence-corrected chi connectivity index (χ2v) is 7.76. The van der Waals surface area contributed by atoms with Gasteiger partial charge in [-0.1, -0.05) is 0 Å². The number of sulfonamides is 1. The van der Waals surface area contributed by atoms with Crippen LogP contribution in [0.5, 0.6) is 11.5 Å². The minimum atomic E-state index is -3.16. The molecule has 116 valence electrons. The average Bonchev–Trinajstić information content (AvgIpc) is 3.05. The summed E-state index contributed by atoms with van der Waals surface area (Å²) < 4.78 is 36.5. The first-order valence-corrected chi connectivity index (χ1v) is 9.09. The zero-order valence-electron chi connectivity index (χ0n) is 12.4. The summed E-state index contributed by atoms with van der Waals surface area (Å²) in [6.07, 6.45) is 4.36. The fourth-order valence-electron chi connectivity index (χ4n) is 3.63. The zero-order valence-corrected chi connectivity index (χ0v) is 13.2. The van der Waals surface area contributed by atoms with Crippen molar-refractivity contribution in [3.8, 4) is 11.5 Å². The summed E-state index contributed by atoms with van der Waals surface area (Å²) in [4.78, 5) is 0. The van der Waals surface area contributed by atoms with E-state index >= 15 is 0 Å². The Morgan fingerprint density at radius 3 is 2.48 bits per heavy atom. The number of benzene rings is 1. The molecule has 0 radical (unpaired) electrons. The monoisotopic (exact) mass is 311 g/mol. The second kappa shape index (κ2) is 5.50. The first kappa shape index (κ1) is 14.7. The Bertz CT molecular complexity index is 599. The molecule has 3 atom stereocenters. The van der Waals surface area contributed by atoms with Gasteiger partial charge < -0.3 is 9.47 Å². The number of hydrogen-bond donors (Lipinski definition) is 0. The van der Waals surface area contributed by atoms with Crippen LogP contribution in [0.1, 0.15) is 19.3 Å². The topological polar surface area (TPSA) is 55.8 Å². The van der Waals surface area contributed by atoms with Crippen LogP contribution in [0.3, 0.4) is 0 Å². The lowest BCUT2D eigenvalue weighted by Gasteiger charge is -2.33. The minimum Gasteiger partial charge on any atom is -0.497 e. The van der Waals surface area contributed by atoms with Crippen molar-refractivity contribution in [2.24, 2.45) is 5.92 Å². The zero-order chi connectivity index (χ0) is 15.0.